The van der Waals surface area contributed by atoms with Crippen molar-refractivity contribution >= 4 is 52.3 Å². The van der Waals surface area contributed by atoms with Crippen molar-refractivity contribution in [3.05, 3.63) is 0 Å². The van der Waals surface area contributed by atoms with E-state index in [-0.39, 0.29) is 6.42 Å². The summed E-state index contributed by atoms with van der Waals surface area (Å²) in [6.45, 7) is 0. The number of halogens is 3. The third-order valence-electron chi connectivity index (χ3n) is 1.52. The van der Waals surface area contributed by atoms with Crippen LogP contribution in [0.3, 0.4) is 0 Å². The molecule has 0 aliphatic carbocycles. The molecule has 78 valence electrons. The Bertz CT molecular complexity index is 298. The molecule has 1 N–H and O–H groups in total. The highest BCUT2D eigenvalue weighted by Crippen LogP contribution is 2.43. The van der Waals surface area contributed by atoms with Crippen molar-refractivity contribution in [2.75, 3.05) is 5.75 Å². The molecule has 0 aromatic heterocycles. The zero-order valence-electron chi connectivity index (χ0n) is 6.71. The van der Waals surface area contributed by atoms with E-state index in [0.717, 1.165) is 11.8 Å². The summed E-state index contributed by atoms with van der Waals surface area (Å²) in [5, 5.41) is 23.4. The number of oxime groups is 1. The van der Waals surface area contributed by atoms with Crippen LogP contribution >= 0.6 is 46.6 Å². The Morgan fingerprint density at radius 3 is 2.79 bits per heavy atom. The molecule has 0 spiro atoms. The molecule has 1 unspecified atom stereocenters. The van der Waals surface area contributed by atoms with Gasteiger partial charge in [-0.15, -0.1) is 0 Å². The molecule has 0 fully saturated rings. The van der Waals surface area contributed by atoms with Crippen molar-refractivity contribution in [1.82, 2.24) is 0 Å². The highest BCUT2D eigenvalue weighted by atomic mass is 35.6. The average molecular weight is 276 g/mol. The summed E-state index contributed by atoms with van der Waals surface area (Å²) >= 11 is 17.4. The fourth-order valence-corrected chi connectivity index (χ4v) is 1.52. The van der Waals surface area contributed by atoms with Crippen molar-refractivity contribution < 1.29 is 9.94 Å². The molecule has 1 heterocycles. The van der Waals surface area contributed by atoms with E-state index >= 15 is 0 Å². The normalized spacial score (nSPS) is 26.6. The van der Waals surface area contributed by atoms with E-state index in [1.165, 1.54) is 0 Å². The molecule has 1 aliphatic rings. The minimum absolute atomic E-state index is 0.0157. The number of aliphatic hydroxyl groups is 1. The summed E-state index contributed by atoms with van der Waals surface area (Å²) in [5.74, 6) is -1.61. The topological polar surface area (TPSA) is 65.6 Å². The quantitative estimate of drug-likeness (QED) is 0.618. The van der Waals surface area contributed by atoms with Crippen LogP contribution in [0.5, 0.6) is 0 Å². The first-order valence-corrected chi connectivity index (χ1v) is 5.55. The predicted molar refractivity (Wildman–Crippen MR) is 56.4 cm³/mol. The Labute approximate surface area is 99.7 Å². The molecule has 14 heavy (non-hydrogen) atoms. The zero-order chi connectivity index (χ0) is 10.8. The summed E-state index contributed by atoms with van der Waals surface area (Å²) in [5.41, 5.74) is 0.477. The van der Waals surface area contributed by atoms with Crippen LogP contribution in [0.2, 0.25) is 0 Å². The molecule has 1 atom stereocenters. The molecule has 1 aliphatic heterocycles. The third kappa shape index (κ3) is 2.59. The van der Waals surface area contributed by atoms with Gasteiger partial charge in [0.05, 0.1) is 12.1 Å². The zero-order valence-corrected chi connectivity index (χ0v) is 9.79. The second-order valence-corrected chi connectivity index (χ2v) is 5.63. The lowest BCUT2D eigenvalue weighted by molar-refractivity contribution is -0.181. The summed E-state index contributed by atoms with van der Waals surface area (Å²) < 4.78 is -1.96. The maximum Gasteiger partial charge on any atom is 0.287 e. The molecular formula is C6H5Cl3N2O2S. The number of nitriles is 1. The molecule has 0 amide bonds. The van der Waals surface area contributed by atoms with Gasteiger partial charge in [0.2, 0.25) is 0 Å². The molecule has 8 heteroatoms. The number of rotatable bonds is 2. The minimum Gasteiger partial charge on any atom is -0.355 e. The monoisotopic (exact) mass is 274 g/mol. The van der Waals surface area contributed by atoms with Gasteiger partial charge in [-0.3, -0.25) is 0 Å². The number of thiocyanates is 1. The van der Waals surface area contributed by atoms with E-state index < -0.39 is 9.58 Å². The van der Waals surface area contributed by atoms with Gasteiger partial charge in [-0.2, -0.15) is 5.26 Å². The highest BCUT2D eigenvalue weighted by Gasteiger charge is 2.54. The molecule has 0 bridgehead atoms. The van der Waals surface area contributed by atoms with Crippen LogP contribution in [0, 0.1) is 10.7 Å². The first kappa shape index (κ1) is 12.2. The minimum atomic E-state index is -1.96. The van der Waals surface area contributed by atoms with Gasteiger partial charge < -0.3 is 9.94 Å². The van der Waals surface area contributed by atoms with Crippen LogP contribution in [0.1, 0.15) is 6.42 Å². The highest BCUT2D eigenvalue weighted by molar-refractivity contribution is 8.04. The summed E-state index contributed by atoms with van der Waals surface area (Å²) in [6.07, 6.45) is -0.0157. The Hall–Kier alpha value is 0.140. The van der Waals surface area contributed by atoms with Gasteiger partial charge in [-0.05, 0) is 11.8 Å². The van der Waals surface area contributed by atoms with Crippen LogP contribution in [0.15, 0.2) is 5.16 Å². The van der Waals surface area contributed by atoms with E-state index in [2.05, 4.69) is 9.99 Å². The van der Waals surface area contributed by atoms with E-state index in [4.69, 9.17) is 40.1 Å². The van der Waals surface area contributed by atoms with Gasteiger partial charge in [0.1, 0.15) is 5.40 Å². The third-order valence-corrected chi connectivity index (χ3v) is 3.01. The van der Waals surface area contributed by atoms with E-state index in [1.54, 1.807) is 0 Å². The maximum absolute atomic E-state index is 9.67. The fraction of sp³-hybridized carbons (Fsp3) is 0.667. The molecule has 4 nitrogen and oxygen atoms in total. The Morgan fingerprint density at radius 1 is 1.71 bits per heavy atom. The number of nitrogens with zero attached hydrogens (tertiary/aromatic N) is 2. The van der Waals surface area contributed by atoms with E-state index in [1.807, 2.05) is 5.40 Å². The molecule has 0 saturated carbocycles. The number of alkyl halides is 3. The second kappa shape index (κ2) is 4.33. The van der Waals surface area contributed by atoms with Gasteiger partial charge in [-0.1, -0.05) is 40.0 Å². The second-order valence-electron chi connectivity index (χ2n) is 2.59. The predicted octanol–water partition coefficient (Wildman–Crippen LogP) is 2.04. The van der Waals surface area contributed by atoms with E-state index in [0.29, 0.717) is 11.5 Å². The number of hydrogen-bond acceptors (Lipinski definition) is 5. The van der Waals surface area contributed by atoms with Crippen LogP contribution in [0.4, 0.5) is 0 Å². The van der Waals surface area contributed by atoms with Crippen LogP contribution in [-0.2, 0) is 4.84 Å². The first-order chi connectivity index (χ1) is 6.39. The average Bonchev–Trinajstić information content (AvgIpc) is 2.44. The summed E-state index contributed by atoms with van der Waals surface area (Å²) in [6, 6.07) is 0. The Kier molecular flexibility index (Phi) is 3.78. The van der Waals surface area contributed by atoms with Crippen molar-refractivity contribution in [1.29, 1.82) is 5.26 Å². The van der Waals surface area contributed by atoms with Crippen molar-refractivity contribution in [2.45, 2.75) is 16.0 Å². The van der Waals surface area contributed by atoms with Crippen LogP contribution in [-0.4, -0.2) is 26.2 Å². The lowest BCUT2D eigenvalue weighted by Gasteiger charge is -2.26. The Morgan fingerprint density at radius 2 is 2.36 bits per heavy atom. The van der Waals surface area contributed by atoms with Gasteiger partial charge in [0.25, 0.3) is 9.58 Å². The molecule has 1 rings (SSSR count). The molecule has 0 saturated heterocycles. The largest absolute Gasteiger partial charge is 0.355 e. The number of hydrogen-bond donors (Lipinski definition) is 1. The van der Waals surface area contributed by atoms with Crippen molar-refractivity contribution in [3.63, 3.8) is 0 Å². The van der Waals surface area contributed by atoms with Gasteiger partial charge in [-0.25, -0.2) is 0 Å². The maximum atomic E-state index is 9.67. The van der Waals surface area contributed by atoms with Gasteiger partial charge >= 0.3 is 0 Å². The summed E-state index contributed by atoms with van der Waals surface area (Å²) in [4.78, 5) is 4.64. The Balaban J connectivity index is 2.58. The summed E-state index contributed by atoms with van der Waals surface area (Å²) in [7, 11) is 0. The molecule has 0 aromatic rings. The molecule has 0 aromatic carbocycles. The SMILES string of the molecule is N#CSCC1=NOC(O)(C(Cl)(Cl)Cl)C1. The lowest BCUT2D eigenvalue weighted by Crippen LogP contribution is -2.43. The first-order valence-electron chi connectivity index (χ1n) is 3.43. The molecule has 0 radical (unpaired) electrons. The van der Waals surface area contributed by atoms with Gasteiger partial charge in [0, 0.05) is 5.75 Å². The van der Waals surface area contributed by atoms with Crippen molar-refractivity contribution in [3.8, 4) is 5.40 Å². The smallest absolute Gasteiger partial charge is 0.287 e. The fourth-order valence-electron chi connectivity index (χ4n) is 0.826. The standard InChI is InChI=1S/C6H5Cl3N2O2S/c7-6(8,9)5(12)1-4(11-13-5)2-14-3-10/h12H,1-2H2. The van der Waals surface area contributed by atoms with Crippen molar-refractivity contribution in [2.24, 2.45) is 5.16 Å². The molecular weight excluding hydrogens is 271 g/mol. The van der Waals surface area contributed by atoms with Gasteiger partial charge in [0.15, 0.2) is 0 Å². The van der Waals surface area contributed by atoms with Crippen LogP contribution < -0.4 is 0 Å². The van der Waals surface area contributed by atoms with E-state index in [9.17, 15) is 5.11 Å². The van der Waals surface area contributed by atoms with Crippen LogP contribution in [0.25, 0.3) is 0 Å². The lowest BCUT2D eigenvalue weighted by atomic mass is 10.2. The number of thioether (sulfide) groups is 1.